The lowest BCUT2D eigenvalue weighted by Crippen LogP contribution is -2.13. The van der Waals surface area contributed by atoms with Crippen LogP contribution in [0.5, 0.6) is 0 Å². The van der Waals surface area contributed by atoms with Crippen LogP contribution < -0.4 is 0 Å². The molecule has 0 aliphatic carbocycles. The molecule has 378 valence electrons. The summed E-state index contributed by atoms with van der Waals surface area (Å²) in [5.41, 5.74) is -25.3. The van der Waals surface area contributed by atoms with Crippen LogP contribution in [0.1, 0.15) is 44.5 Å². The third-order valence-corrected chi connectivity index (χ3v) is 11.7. The van der Waals surface area contributed by atoms with Crippen molar-refractivity contribution in [2.24, 2.45) is 0 Å². The Bertz CT molecular complexity index is 2990. The molecule has 0 nitrogen and oxygen atoms in total. The van der Waals surface area contributed by atoms with Gasteiger partial charge in [-0.2, -0.15) is 105 Å². The van der Waals surface area contributed by atoms with Gasteiger partial charge in [-0.05, 0) is 137 Å². The molecule has 0 heterocycles. The number of hydrogen-bond acceptors (Lipinski definition) is 0. The monoisotopic (exact) mass is 1050 g/mol. The number of rotatable bonds is 4. The molecule has 8 aromatic rings. The Labute approximate surface area is 385 Å². The van der Waals surface area contributed by atoms with Gasteiger partial charge in [0, 0.05) is 0 Å². The number of benzene rings is 8. The molecule has 24 heteroatoms. The zero-order valence-corrected chi connectivity index (χ0v) is 34.5. The smallest absolute Gasteiger partial charge is 0.166 e. The van der Waals surface area contributed by atoms with Crippen molar-refractivity contribution in [2.75, 3.05) is 0 Å². The molecule has 0 aliphatic heterocycles. The first-order chi connectivity index (χ1) is 32.8. The molecule has 0 atom stereocenters. The lowest BCUT2D eigenvalue weighted by atomic mass is 9.80. The molecule has 0 saturated carbocycles. The SMILES string of the molecule is FC(F)(F)c1ccc(-c2cc(-c3ccc(C(F)(F)F)cc3C(F)(F)F)c3ccc4c(-c5ccc(C(F)(F)F)cc5C(F)(F)F)cc(-c5ccc(C(F)(F)F)cc5C(F)(F)F)c5ccc2c3c54)c(C(F)(F)F)c1. The van der Waals surface area contributed by atoms with E-state index in [1.807, 2.05) is 0 Å². The maximum absolute atomic E-state index is 14.9. The first-order valence-corrected chi connectivity index (χ1v) is 19.7. The van der Waals surface area contributed by atoms with Crippen LogP contribution in [0.2, 0.25) is 0 Å². The predicted molar refractivity (Wildman–Crippen MR) is 212 cm³/mol. The second-order valence-corrected chi connectivity index (χ2v) is 16.0. The van der Waals surface area contributed by atoms with Crippen LogP contribution >= 0.6 is 0 Å². The molecule has 0 aliphatic rings. The second kappa shape index (κ2) is 16.3. The Morgan fingerprint density at radius 3 is 0.514 bits per heavy atom. The van der Waals surface area contributed by atoms with Gasteiger partial charge in [-0.3, -0.25) is 0 Å². The van der Waals surface area contributed by atoms with E-state index in [1.165, 1.54) is 0 Å². The third kappa shape index (κ3) is 9.15. The van der Waals surface area contributed by atoms with Gasteiger partial charge < -0.3 is 0 Å². The minimum absolute atomic E-state index is 0.101. The molecule has 0 bridgehead atoms. The lowest BCUT2D eigenvalue weighted by molar-refractivity contribution is -0.144. The quantitative estimate of drug-likeness (QED) is 0.122. The molecular formula is C48H18F24. The molecule has 0 spiro atoms. The highest BCUT2D eigenvalue weighted by Gasteiger charge is 2.44. The molecule has 0 saturated heterocycles. The largest absolute Gasteiger partial charge is 0.417 e. The highest BCUT2D eigenvalue weighted by Crippen LogP contribution is 2.54. The average Bonchev–Trinajstić information content (AvgIpc) is 3.24. The predicted octanol–water partition coefficient (Wildman–Crippen LogP) is 19.4. The van der Waals surface area contributed by atoms with E-state index >= 15 is 0 Å². The fourth-order valence-corrected chi connectivity index (χ4v) is 8.64. The van der Waals surface area contributed by atoms with Crippen LogP contribution in [0, 0.1) is 0 Å². The van der Waals surface area contributed by atoms with Crippen LogP contribution in [0.25, 0.3) is 76.8 Å². The van der Waals surface area contributed by atoms with Crippen molar-refractivity contribution in [1.29, 1.82) is 0 Å². The first-order valence-electron chi connectivity index (χ1n) is 19.7. The van der Waals surface area contributed by atoms with E-state index in [4.69, 9.17) is 0 Å². The molecule has 0 amide bonds. The number of halogens is 24. The molecular weight excluding hydrogens is 1030 g/mol. The van der Waals surface area contributed by atoms with Gasteiger partial charge in [0.1, 0.15) is 0 Å². The Balaban J connectivity index is 1.66. The normalized spacial score (nSPS) is 13.8. The summed E-state index contributed by atoms with van der Waals surface area (Å²) in [6, 6.07) is 3.70. The van der Waals surface area contributed by atoms with Crippen LogP contribution in [-0.4, -0.2) is 0 Å². The van der Waals surface area contributed by atoms with Gasteiger partial charge in [0.25, 0.3) is 0 Å². The number of hydrogen-bond donors (Lipinski definition) is 0. The van der Waals surface area contributed by atoms with Gasteiger partial charge in [0.15, 0.2) is 0 Å². The molecule has 0 N–H and O–H groups in total. The third-order valence-electron chi connectivity index (χ3n) is 11.7. The van der Waals surface area contributed by atoms with Gasteiger partial charge in [-0.15, -0.1) is 0 Å². The zero-order valence-electron chi connectivity index (χ0n) is 34.5. The zero-order chi connectivity index (χ0) is 53.4. The van der Waals surface area contributed by atoms with E-state index in [9.17, 15) is 105 Å². The summed E-state index contributed by atoms with van der Waals surface area (Å²) >= 11 is 0. The van der Waals surface area contributed by atoms with Gasteiger partial charge in [-0.25, -0.2) is 0 Å². The summed E-state index contributed by atoms with van der Waals surface area (Å²) in [5.74, 6) is 0. The van der Waals surface area contributed by atoms with Crippen molar-refractivity contribution in [3.8, 4) is 44.5 Å². The Morgan fingerprint density at radius 2 is 0.361 bits per heavy atom. The Kier molecular flexibility index (Phi) is 11.7. The minimum atomic E-state index is -5.78. The van der Waals surface area contributed by atoms with Crippen LogP contribution in [-0.2, 0) is 49.4 Å². The van der Waals surface area contributed by atoms with E-state index in [2.05, 4.69) is 0 Å². The summed E-state index contributed by atoms with van der Waals surface area (Å²) in [4.78, 5) is 0. The summed E-state index contributed by atoms with van der Waals surface area (Å²) in [5, 5.41) is -4.19. The summed E-state index contributed by atoms with van der Waals surface area (Å²) in [7, 11) is 0. The lowest BCUT2D eigenvalue weighted by Gasteiger charge is -2.25. The van der Waals surface area contributed by atoms with E-state index < -0.39 is 195 Å². The summed E-state index contributed by atoms with van der Waals surface area (Å²) in [6.07, 6.45) is -45.0. The van der Waals surface area contributed by atoms with Crippen LogP contribution in [0.15, 0.2) is 109 Å². The average molecular weight is 1050 g/mol. The molecule has 0 aromatic heterocycles. The van der Waals surface area contributed by atoms with Gasteiger partial charge in [0.2, 0.25) is 0 Å². The minimum Gasteiger partial charge on any atom is -0.166 e. The van der Waals surface area contributed by atoms with Crippen LogP contribution in [0.3, 0.4) is 0 Å². The Hall–Kier alpha value is -6.88. The van der Waals surface area contributed by atoms with Crippen molar-refractivity contribution in [3.05, 3.63) is 154 Å². The van der Waals surface area contributed by atoms with Crippen molar-refractivity contribution < 1.29 is 105 Å². The molecule has 0 radical (unpaired) electrons. The highest BCUT2D eigenvalue weighted by atomic mass is 19.4. The fraction of sp³-hybridized carbons (Fsp3) is 0.167. The first kappa shape index (κ1) is 51.5. The van der Waals surface area contributed by atoms with Crippen molar-refractivity contribution in [3.63, 3.8) is 0 Å². The molecule has 72 heavy (non-hydrogen) atoms. The van der Waals surface area contributed by atoms with E-state index in [-0.39, 0.29) is 48.5 Å². The van der Waals surface area contributed by atoms with Crippen molar-refractivity contribution in [1.82, 2.24) is 0 Å². The van der Waals surface area contributed by atoms with Gasteiger partial charge in [0.05, 0.1) is 44.5 Å². The molecule has 0 unspecified atom stereocenters. The maximum Gasteiger partial charge on any atom is 0.417 e. The van der Waals surface area contributed by atoms with Crippen LogP contribution in [0.4, 0.5) is 105 Å². The molecule has 0 fully saturated rings. The summed E-state index contributed by atoms with van der Waals surface area (Å²) in [6.45, 7) is 0. The molecule has 8 rings (SSSR count). The summed E-state index contributed by atoms with van der Waals surface area (Å²) < 4.78 is 346. The fourth-order valence-electron chi connectivity index (χ4n) is 8.64. The molecule has 8 aromatic carbocycles. The standard InChI is InChI=1S/C48H18F24/c49-41(50,51)19-1-5-23(35(13-19)45(61,62)63)31-17-32(24-6-2-20(42(52,53)54)14-36(24)46(64,65)66)28-11-12-30-34(26-8-4-22(44(58,59)60)16-38(26)48(70,71)72)18-33(29-10-9-27(31)39(28)40(29)30)25-7-3-21(43(55,56)57)15-37(25)47(67,68)69/h1-18H. The Morgan fingerprint density at radius 1 is 0.181 bits per heavy atom. The second-order valence-electron chi connectivity index (χ2n) is 16.0. The van der Waals surface area contributed by atoms with Gasteiger partial charge in [-0.1, -0.05) is 48.5 Å². The van der Waals surface area contributed by atoms with E-state index in [0.717, 1.165) is 24.3 Å². The van der Waals surface area contributed by atoms with Crippen molar-refractivity contribution >= 4 is 32.3 Å². The van der Waals surface area contributed by atoms with E-state index in [0.29, 0.717) is 12.1 Å². The topological polar surface area (TPSA) is 0 Å². The highest BCUT2D eigenvalue weighted by molar-refractivity contribution is 6.32. The number of alkyl halides is 24. The van der Waals surface area contributed by atoms with E-state index in [1.54, 1.807) is 0 Å². The van der Waals surface area contributed by atoms with Crippen molar-refractivity contribution in [2.45, 2.75) is 49.4 Å². The maximum atomic E-state index is 14.9. The van der Waals surface area contributed by atoms with Gasteiger partial charge >= 0.3 is 49.4 Å².